The summed E-state index contributed by atoms with van der Waals surface area (Å²) in [4.78, 5) is 0.270. The molecule has 21 heavy (non-hydrogen) atoms. The maximum Gasteiger partial charge on any atom is 0.417 e. The molecule has 2 aromatic rings. The van der Waals surface area contributed by atoms with Crippen molar-refractivity contribution in [3.05, 3.63) is 65.2 Å². The second-order valence-corrected chi connectivity index (χ2v) is 5.65. The van der Waals surface area contributed by atoms with Crippen LogP contribution in [0.2, 0.25) is 0 Å². The largest absolute Gasteiger partial charge is 0.417 e. The monoisotopic (exact) mass is 311 g/mol. The van der Waals surface area contributed by atoms with Crippen molar-refractivity contribution in [2.45, 2.75) is 23.4 Å². The van der Waals surface area contributed by atoms with Crippen LogP contribution in [0.25, 0.3) is 0 Å². The van der Waals surface area contributed by atoms with Gasteiger partial charge in [-0.25, -0.2) is 0 Å². The van der Waals surface area contributed by atoms with Gasteiger partial charge in [0.15, 0.2) is 0 Å². The first-order valence-corrected chi connectivity index (χ1v) is 7.50. The van der Waals surface area contributed by atoms with E-state index in [1.165, 1.54) is 17.8 Å². The molecule has 1 nitrogen and oxygen atoms in total. The summed E-state index contributed by atoms with van der Waals surface area (Å²) in [5, 5.41) is 2.87. The third kappa shape index (κ3) is 4.51. The molecule has 0 saturated heterocycles. The molecule has 5 heteroatoms. The molecular weight excluding hydrogens is 295 g/mol. The SMILES string of the molecule is CNCc1ccc(SCc2ccccc2)c(C(F)(F)F)c1. The lowest BCUT2D eigenvalue weighted by Gasteiger charge is -2.14. The van der Waals surface area contributed by atoms with E-state index in [4.69, 9.17) is 0 Å². The number of halogens is 3. The van der Waals surface area contributed by atoms with Crippen molar-refractivity contribution in [2.75, 3.05) is 7.05 Å². The fourth-order valence-corrected chi connectivity index (χ4v) is 2.98. The van der Waals surface area contributed by atoms with Gasteiger partial charge in [-0.05, 0) is 30.3 Å². The summed E-state index contributed by atoms with van der Waals surface area (Å²) in [5.74, 6) is 0.523. The van der Waals surface area contributed by atoms with Crippen molar-refractivity contribution in [3.63, 3.8) is 0 Å². The lowest BCUT2D eigenvalue weighted by atomic mass is 10.1. The van der Waals surface area contributed by atoms with Gasteiger partial charge in [-0.15, -0.1) is 11.8 Å². The Bertz CT molecular complexity index is 582. The summed E-state index contributed by atoms with van der Waals surface area (Å²) in [6, 6.07) is 14.0. The Morgan fingerprint density at radius 1 is 1.00 bits per heavy atom. The zero-order valence-electron chi connectivity index (χ0n) is 11.6. The van der Waals surface area contributed by atoms with Gasteiger partial charge in [0.05, 0.1) is 5.56 Å². The minimum Gasteiger partial charge on any atom is -0.316 e. The molecule has 2 rings (SSSR count). The van der Waals surface area contributed by atoms with Crippen LogP contribution >= 0.6 is 11.8 Å². The molecule has 0 unspecified atom stereocenters. The van der Waals surface area contributed by atoms with Gasteiger partial charge in [-0.1, -0.05) is 36.4 Å². The van der Waals surface area contributed by atoms with E-state index in [-0.39, 0.29) is 4.90 Å². The number of alkyl halides is 3. The Labute approximate surface area is 126 Å². The molecule has 0 radical (unpaired) electrons. The molecular formula is C16H16F3NS. The molecule has 112 valence electrons. The second kappa shape index (κ2) is 7.00. The molecule has 0 aromatic heterocycles. The van der Waals surface area contributed by atoms with Crippen molar-refractivity contribution >= 4 is 11.8 Å². The van der Waals surface area contributed by atoms with E-state index in [2.05, 4.69) is 5.32 Å². The van der Waals surface area contributed by atoms with Gasteiger partial charge in [0.2, 0.25) is 0 Å². The highest BCUT2D eigenvalue weighted by Gasteiger charge is 2.33. The number of hydrogen-bond acceptors (Lipinski definition) is 2. The quantitative estimate of drug-likeness (QED) is 0.802. The Kier molecular flexibility index (Phi) is 5.31. The van der Waals surface area contributed by atoms with Crippen LogP contribution in [-0.4, -0.2) is 7.05 Å². The standard InChI is InChI=1S/C16H16F3NS/c1-20-10-13-7-8-15(14(9-13)16(17,18)19)21-11-12-5-3-2-4-6-12/h2-9,20H,10-11H2,1H3. The smallest absolute Gasteiger partial charge is 0.316 e. The van der Waals surface area contributed by atoms with Gasteiger partial charge in [-0.2, -0.15) is 13.2 Å². The average molecular weight is 311 g/mol. The Hall–Kier alpha value is -1.46. The molecule has 0 saturated carbocycles. The van der Waals surface area contributed by atoms with Crippen molar-refractivity contribution in [2.24, 2.45) is 0 Å². The van der Waals surface area contributed by atoms with E-state index in [1.54, 1.807) is 19.2 Å². The predicted molar refractivity (Wildman–Crippen MR) is 80.2 cm³/mol. The first-order chi connectivity index (χ1) is 10.0. The second-order valence-electron chi connectivity index (χ2n) is 4.63. The van der Waals surface area contributed by atoms with E-state index < -0.39 is 11.7 Å². The van der Waals surface area contributed by atoms with Gasteiger partial charge in [0.1, 0.15) is 0 Å². The number of rotatable bonds is 5. The number of benzene rings is 2. The van der Waals surface area contributed by atoms with Crippen LogP contribution in [-0.2, 0) is 18.5 Å². The van der Waals surface area contributed by atoms with Crippen LogP contribution < -0.4 is 5.32 Å². The van der Waals surface area contributed by atoms with Gasteiger partial charge < -0.3 is 5.32 Å². The molecule has 0 amide bonds. The van der Waals surface area contributed by atoms with Crippen molar-refractivity contribution in [1.29, 1.82) is 0 Å². The molecule has 0 spiro atoms. The zero-order chi connectivity index (χ0) is 15.3. The summed E-state index contributed by atoms with van der Waals surface area (Å²) < 4.78 is 39.5. The fourth-order valence-electron chi connectivity index (χ4n) is 1.97. The molecule has 0 bridgehead atoms. The average Bonchev–Trinajstić information content (AvgIpc) is 2.46. The third-order valence-electron chi connectivity index (χ3n) is 2.97. The molecule has 0 aliphatic heterocycles. The van der Waals surface area contributed by atoms with E-state index in [0.29, 0.717) is 17.9 Å². The summed E-state index contributed by atoms with van der Waals surface area (Å²) >= 11 is 1.21. The summed E-state index contributed by atoms with van der Waals surface area (Å²) in [6.07, 6.45) is -4.33. The van der Waals surface area contributed by atoms with E-state index in [9.17, 15) is 13.2 Å². The van der Waals surface area contributed by atoms with Crippen LogP contribution in [0.5, 0.6) is 0 Å². The number of hydrogen-bond donors (Lipinski definition) is 1. The first-order valence-electron chi connectivity index (χ1n) is 6.52. The zero-order valence-corrected chi connectivity index (χ0v) is 12.4. The minimum atomic E-state index is -4.33. The molecule has 0 aliphatic carbocycles. The van der Waals surface area contributed by atoms with Gasteiger partial charge >= 0.3 is 6.18 Å². The highest BCUT2D eigenvalue weighted by atomic mass is 32.2. The fraction of sp³-hybridized carbons (Fsp3) is 0.250. The highest BCUT2D eigenvalue weighted by Crippen LogP contribution is 2.38. The van der Waals surface area contributed by atoms with Gasteiger partial charge in [0, 0.05) is 17.2 Å². The molecule has 0 heterocycles. The topological polar surface area (TPSA) is 12.0 Å². The summed E-state index contributed by atoms with van der Waals surface area (Å²) in [5.41, 5.74) is 1.08. The molecule has 0 atom stereocenters. The van der Waals surface area contributed by atoms with Crippen molar-refractivity contribution in [1.82, 2.24) is 5.32 Å². The van der Waals surface area contributed by atoms with E-state index in [1.807, 2.05) is 30.3 Å². The van der Waals surface area contributed by atoms with E-state index in [0.717, 1.165) is 5.56 Å². The van der Waals surface area contributed by atoms with Crippen LogP contribution in [0.1, 0.15) is 16.7 Å². The molecule has 2 aromatic carbocycles. The van der Waals surface area contributed by atoms with Crippen molar-refractivity contribution < 1.29 is 13.2 Å². The molecule has 1 N–H and O–H groups in total. The highest BCUT2D eigenvalue weighted by molar-refractivity contribution is 7.98. The molecule has 0 fully saturated rings. The Morgan fingerprint density at radius 2 is 1.71 bits per heavy atom. The summed E-state index contributed by atoms with van der Waals surface area (Å²) in [6.45, 7) is 0.423. The number of nitrogens with one attached hydrogen (secondary N) is 1. The van der Waals surface area contributed by atoms with Gasteiger partial charge in [-0.3, -0.25) is 0 Å². The number of thioether (sulfide) groups is 1. The Morgan fingerprint density at radius 3 is 2.33 bits per heavy atom. The lowest BCUT2D eigenvalue weighted by Crippen LogP contribution is -2.10. The van der Waals surface area contributed by atoms with E-state index >= 15 is 0 Å². The van der Waals surface area contributed by atoms with Gasteiger partial charge in [0.25, 0.3) is 0 Å². The Balaban J connectivity index is 2.21. The molecule has 0 aliphatic rings. The summed E-state index contributed by atoms with van der Waals surface area (Å²) in [7, 11) is 1.71. The van der Waals surface area contributed by atoms with Crippen LogP contribution in [0.3, 0.4) is 0 Å². The van der Waals surface area contributed by atoms with Crippen LogP contribution in [0, 0.1) is 0 Å². The lowest BCUT2D eigenvalue weighted by molar-refractivity contribution is -0.139. The maximum absolute atomic E-state index is 13.2. The first kappa shape index (κ1) is 15.9. The van der Waals surface area contributed by atoms with Crippen LogP contribution in [0.4, 0.5) is 13.2 Å². The normalized spacial score (nSPS) is 11.6. The predicted octanol–water partition coefficient (Wildman–Crippen LogP) is 4.72. The minimum absolute atomic E-state index is 0.270. The maximum atomic E-state index is 13.2. The van der Waals surface area contributed by atoms with Crippen molar-refractivity contribution in [3.8, 4) is 0 Å². The van der Waals surface area contributed by atoms with Crippen LogP contribution in [0.15, 0.2) is 53.4 Å². The third-order valence-corrected chi connectivity index (χ3v) is 4.11.